The van der Waals surface area contributed by atoms with Crippen molar-refractivity contribution in [2.75, 3.05) is 0 Å². The third-order valence-corrected chi connectivity index (χ3v) is 1.34. The highest BCUT2D eigenvalue weighted by Crippen LogP contribution is 2.07. The van der Waals surface area contributed by atoms with Crippen molar-refractivity contribution in [1.29, 1.82) is 0 Å². The van der Waals surface area contributed by atoms with E-state index in [4.69, 9.17) is 5.11 Å². The SMILES string of the molecule is C/C=C\[C@@H](CCC)C(=O)O. The monoisotopic (exact) mass is 142 g/mol. The van der Waals surface area contributed by atoms with Crippen molar-refractivity contribution < 1.29 is 9.90 Å². The number of carboxylic acids is 1. The van der Waals surface area contributed by atoms with Crippen LogP contribution in [0.5, 0.6) is 0 Å². The van der Waals surface area contributed by atoms with Gasteiger partial charge >= 0.3 is 5.97 Å². The van der Waals surface area contributed by atoms with Crippen LogP contribution >= 0.6 is 0 Å². The fraction of sp³-hybridized carbons (Fsp3) is 0.625. The first kappa shape index (κ1) is 9.21. The van der Waals surface area contributed by atoms with Crippen molar-refractivity contribution in [1.82, 2.24) is 0 Å². The van der Waals surface area contributed by atoms with Gasteiger partial charge in [-0.15, -0.1) is 0 Å². The van der Waals surface area contributed by atoms with Crippen LogP contribution in [0.3, 0.4) is 0 Å². The third-order valence-electron chi connectivity index (χ3n) is 1.34. The molecule has 0 aromatic rings. The van der Waals surface area contributed by atoms with Gasteiger partial charge in [0.05, 0.1) is 5.92 Å². The maximum Gasteiger partial charge on any atom is 0.310 e. The highest BCUT2D eigenvalue weighted by molar-refractivity contribution is 5.71. The van der Waals surface area contributed by atoms with Crippen molar-refractivity contribution in [2.45, 2.75) is 26.7 Å². The molecule has 0 aromatic heterocycles. The Balaban J connectivity index is 3.85. The third kappa shape index (κ3) is 3.28. The summed E-state index contributed by atoms with van der Waals surface area (Å²) in [6.45, 7) is 3.82. The fourth-order valence-corrected chi connectivity index (χ4v) is 0.845. The molecule has 0 saturated heterocycles. The van der Waals surface area contributed by atoms with E-state index in [0.29, 0.717) is 0 Å². The summed E-state index contributed by atoms with van der Waals surface area (Å²) in [5.74, 6) is -1.00. The molecule has 0 aliphatic rings. The molecular weight excluding hydrogens is 128 g/mol. The average Bonchev–Trinajstić information content (AvgIpc) is 1.87. The Morgan fingerprint density at radius 1 is 1.70 bits per heavy atom. The Morgan fingerprint density at radius 3 is 2.60 bits per heavy atom. The lowest BCUT2D eigenvalue weighted by molar-refractivity contribution is -0.140. The molecule has 2 nitrogen and oxygen atoms in total. The first-order valence-electron chi connectivity index (χ1n) is 3.58. The smallest absolute Gasteiger partial charge is 0.310 e. The molecule has 10 heavy (non-hydrogen) atoms. The molecule has 0 bridgehead atoms. The summed E-state index contributed by atoms with van der Waals surface area (Å²) in [6.07, 6.45) is 5.17. The zero-order chi connectivity index (χ0) is 7.98. The van der Waals surface area contributed by atoms with Crippen molar-refractivity contribution in [2.24, 2.45) is 5.92 Å². The van der Waals surface area contributed by atoms with Gasteiger partial charge in [-0.2, -0.15) is 0 Å². The van der Waals surface area contributed by atoms with Crippen LogP contribution < -0.4 is 0 Å². The van der Waals surface area contributed by atoms with E-state index in [1.54, 1.807) is 12.2 Å². The van der Waals surface area contributed by atoms with Crippen LogP contribution in [-0.4, -0.2) is 11.1 Å². The van der Waals surface area contributed by atoms with Crippen LogP contribution in [0.25, 0.3) is 0 Å². The number of hydrogen-bond donors (Lipinski definition) is 1. The van der Waals surface area contributed by atoms with Crippen LogP contribution in [0.2, 0.25) is 0 Å². The van der Waals surface area contributed by atoms with Gasteiger partial charge in [0.25, 0.3) is 0 Å². The minimum Gasteiger partial charge on any atom is -0.481 e. The van der Waals surface area contributed by atoms with E-state index < -0.39 is 5.97 Å². The molecule has 2 heteroatoms. The van der Waals surface area contributed by atoms with Gasteiger partial charge in [0, 0.05) is 0 Å². The zero-order valence-electron chi connectivity index (χ0n) is 6.50. The summed E-state index contributed by atoms with van der Waals surface area (Å²) >= 11 is 0. The largest absolute Gasteiger partial charge is 0.481 e. The lowest BCUT2D eigenvalue weighted by Crippen LogP contribution is -2.09. The first-order chi connectivity index (χ1) is 4.72. The van der Waals surface area contributed by atoms with E-state index >= 15 is 0 Å². The molecule has 58 valence electrons. The van der Waals surface area contributed by atoms with E-state index in [2.05, 4.69) is 0 Å². The summed E-state index contributed by atoms with van der Waals surface area (Å²) in [5, 5.41) is 8.58. The Hall–Kier alpha value is -0.790. The molecule has 0 aliphatic carbocycles. The summed E-state index contributed by atoms with van der Waals surface area (Å²) in [4.78, 5) is 10.4. The van der Waals surface area contributed by atoms with E-state index in [0.717, 1.165) is 12.8 Å². The topological polar surface area (TPSA) is 37.3 Å². The second kappa shape index (κ2) is 5.03. The van der Waals surface area contributed by atoms with Gasteiger partial charge in [-0.05, 0) is 13.3 Å². The normalized spacial score (nSPS) is 13.8. The minimum atomic E-state index is -0.722. The van der Waals surface area contributed by atoms with Gasteiger partial charge in [0.2, 0.25) is 0 Å². The molecule has 0 fully saturated rings. The van der Waals surface area contributed by atoms with Gasteiger partial charge in [-0.3, -0.25) is 4.79 Å². The molecular formula is C8H14O2. The molecule has 0 heterocycles. The van der Waals surface area contributed by atoms with Gasteiger partial charge in [0.15, 0.2) is 0 Å². The molecule has 0 aromatic carbocycles. The summed E-state index contributed by atoms with van der Waals surface area (Å²) in [7, 11) is 0. The second-order valence-corrected chi connectivity index (χ2v) is 2.26. The molecule has 1 atom stereocenters. The lowest BCUT2D eigenvalue weighted by atomic mass is 10.0. The molecule has 0 rings (SSSR count). The highest BCUT2D eigenvalue weighted by Gasteiger charge is 2.10. The Kier molecular flexibility index (Phi) is 4.63. The first-order valence-corrected chi connectivity index (χ1v) is 3.58. The van der Waals surface area contributed by atoms with Gasteiger partial charge in [0.1, 0.15) is 0 Å². The molecule has 0 radical (unpaired) electrons. The van der Waals surface area contributed by atoms with Gasteiger partial charge < -0.3 is 5.11 Å². The fourth-order valence-electron chi connectivity index (χ4n) is 0.845. The molecule has 0 amide bonds. The number of hydrogen-bond acceptors (Lipinski definition) is 1. The second-order valence-electron chi connectivity index (χ2n) is 2.26. The van der Waals surface area contributed by atoms with Crippen LogP contribution in [0.15, 0.2) is 12.2 Å². The molecule has 1 N–H and O–H groups in total. The molecule has 0 spiro atoms. The zero-order valence-corrected chi connectivity index (χ0v) is 6.50. The summed E-state index contributed by atoms with van der Waals surface area (Å²) < 4.78 is 0. The van der Waals surface area contributed by atoms with Crippen LogP contribution in [-0.2, 0) is 4.79 Å². The van der Waals surface area contributed by atoms with Crippen molar-refractivity contribution in [3.8, 4) is 0 Å². The maximum atomic E-state index is 10.4. The van der Waals surface area contributed by atoms with Crippen LogP contribution in [0.1, 0.15) is 26.7 Å². The van der Waals surface area contributed by atoms with E-state index in [9.17, 15) is 4.79 Å². The molecule has 0 aliphatic heterocycles. The van der Waals surface area contributed by atoms with Crippen LogP contribution in [0.4, 0.5) is 0 Å². The summed E-state index contributed by atoms with van der Waals surface area (Å²) in [6, 6.07) is 0. The Labute approximate surface area is 61.6 Å². The Bertz CT molecular complexity index is 127. The number of allylic oxidation sites excluding steroid dienone is 1. The maximum absolute atomic E-state index is 10.4. The average molecular weight is 142 g/mol. The van der Waals surface area contributed by atoms with Crippen molar-refractivity contribution in [3.63, 3.8) is 0 Å². The minimum absolute atomic E-state index is 0.282. The quantitative estimate of drug-likeness (QED) is 0.610. The van der Waals surface area contributed by atoms with Crippen molar-refractivity contribution in [3.05, 3.63) is 12.2 Å². The predicted octanol–water partition coefficient (Wildman–Crippen LogP) is 2.06. The van der Waals surface area contributed by atoms with Gasteiger partial charge in [-0.1, -0.05) is 25.5 Å². The molecule has 0 unspecified atom stereocenters. The molecule has 0 saturated carbocycles. The lowest BCUT2D eigenvalue weighted by Gasteiger charge is -2.03. The predicted molar refractivity (Wildman–Crippen MR) is 40.8 cm³/mol. The number of aliphatic carboxylic acids is 1. The van der Waals surface area contributed by atoms with Gasteiger partial charge in [-0.25, -0.2) is 0 Å². The number of rotatable bonds is 4. The van der Waals surface area contributed by atoms with E-state index in [-0.39, 0.29) is 5.92 Å². The summed E-state index contributed by atoms with van der Waals surface area (Å²) in [5.41, 5.74) is 0. The Morgan fingerprint density at radius 2 is 2.30 bits per heavy atom. The van der Waals surface area contributed by atoms with E-state index in [1.165, 1.54) is 0 Å². The van der Waals surface area contributed by atoms with Crippen molar-refractivity contribution >= 4 is 5.97 Å². The van der Waals surface area contributed by atoms with E-state index in [1.807, 2.05) is 13.8 Å². The number of carboxylic acid groups (broad SMARTS) is 1. The van der Waals surface area contributed by atoms with Crippen LogP contribution in [0, 0.1) is 5.92 Å². The number of carbonyl (C=O) groups is 1. The highest BCUT2D eigenvalue weighted by atomic mass is 16.4. The standard InChI is InChI=1S/C8H14O2/c1-3-5-7(6-4-2)8(9)10/h3,5,7H,4,6H2,1-2H3,(H,9,10)/b5-3-/t7-/m0/s1.